The Morgan fingerprint density at radius 3 is 2.21 bits per heavy atom. The highest BCUT2D eigenvalue weighted by molar-refractivity contribution is 7.90. The Balaban J connectivity index is 2.56. The number of aliphatic hydroxyl groups is 1. The third-order valence-corrected chi connectivity index (χ3v) is 4.62. The maximum atomic E-state index is 12.7. The van der Waals surface area contributed by atoms with Gasteiger partial charge in [0.2, 0.25) is 0 Å². The largest absolute Gasteiger partial charge is 0.484 e. The molecule has 0 radical (unpaired) electrons. The van der Waals surface area contributed by atoms with Crippen LogP contribution in [0.25, 0.3) is 11.1 Å². The van der Waals surface area contributed by atoms with Crippen molar-refractivity contribution in [3.63, 3.8) is 0 Å². The molecule has 0 spiro atoms. The number of nitrogens with zero attached hydrogens (tertiary/aromatic N) is 2. The van der Waals surface area contributed by atoms with Crippen LogP contribution in [0.2, 0.25) is 0 Å². The van der Waals surface area contributed by atoms with E-state index >= 15 is 0 Å². The summed E-state index contributed by atoms with van der Waals surface area (Å²) in [7, 11) is -3.45. The van der Waals surface area contributed by atoms with Crippen molar-refractivity contribution in [2.45, 2.75) is 37.1 Å². The van der Waals surface area contributed by atoms with Gasteiger partial charge in [0.1, 0.15) is 13.2 Å². The molecular formula is C17H19F3N2O5S. The average molecular weight is 420 g/mol. The van der Waals surface area contributed by atoms with E-state index < -0.39 is 39.5 Å². The van der Waals surface area contributed by atoms with E-state index in [4.69, 9.17) is 4.74 Å². The Morgan fingerprint density at radius 1 is 1.18 bits per heavy atom. The van der Waals surface area contributed by atoms with Gasteiger partial charge in [-0.15, -0.1) is 0 Å². The van der Waals surface area contributed by atoms with Crippen LogP contribution < -0.4 is 10.3 Å². The third kappa shape index (κ3) is 5.80. The number of benzene rings is 1. The van der Waals surface area contributed by atoms with Crippen molar-refractivity contribution in [3.8, 4) is 16.9 Å². The van der Waals surface area contributed by atoms with E-state index in [1.807, 2.05) is 0 Å². The molecule has 0 aliphatic rings. The quantitative estimate of drug-likeness (QED) is 0.768. The van der Waals surface area contributed by atoms with Crippen LogP contribution in [0, 0.1) is 0 Å². The van der Waals surface area contributed by atoms with Crippen molar-refractivity contribution in [1.82, 2.24) is 9.78 Å². The van der Waals surface area contributed by atoms with Crippen LogP contribution in [0.5, 0.6) is 5.75 Å². The number of hydrogen-bond acceptors (Lipinski definition) is 6. The van der Waals surface area contributed by atoms with Crippen LogP contribution in [-0.2, 0) is 16.4 Å². The molecule has 7 nitrogen and oxygen atoms in total. The summed E-state index contributed by atoms with van der Waals surface area (Å²) in [6, 6.07) is 5.37. The lowest BCUT2D eigenvalue weighted by Crippen LogP contribution is -2.34. The Hall–Kier alpha value is -2.40. The Bertz CT molecular complexity index is 1010. The van der Waals surface area contributed by atoms with Gasteiger partial charge in [-0.25, -0.2) is 13.1 Å². The second-order valence-corrected chi connectivity index (χ2v) is 8.88. The number of alkyl halides is 3. The summed E-state index contributed by atoms with van der Waals surface area (Å²) in [5, 5.41) is 13.4. The van der Waals surface area contributed by atoms with Gasteiger partial charge in [0.05, 0.1) is 16.7 Å². The Labute approximate surface area is 159 Å². The SMILES string of the molecule is CC(C)(O)COc1c(-c2ccc(S(C)(=O)=O)cc2)cnn(CC(F)(F)F)c1=O. The fourth-order valence-corrected chi connectivity index (χ4v) is 2.86. The van der Waals surface area contributed by atoms with E-state index in [0.29, 0.717) is 5.56 Å². The highest BCUT2D eigenvalue weighted by Crippen LogP contribution is 2.28. The first-order valence-corrected chi connectivity index (χ1v) is 9.89. The molecule has 154 valence electrons. The first-order chi connectivity index (χ1) is 12.7. The molecule has 1 aromatic heterocycles. The molecule has 1 heterocycles. The minimum atomic E-state index is -4.66. The molecule has 0 amide bonds. The fourth-order valence-electron chi connectivity index (χ4n) is 2.23. The maximum Gasteiger partial charge on any atom is 0.408 e. The summed E-state index contributed by atoms with van der Waals surface area (Å²) in [6.45, 7) is 0.858. The van der Waals surface area contributed by atoms with Gasteiger partial charge >= 0.3 is 11.7 Å². The molecule has 2 aromatic rings. The van der Waals surface area contributed by atoms with Crippen LogP contribution in [0.4, 0.5) is 13.2 Å². The lowest BCUT2D eigenvalue weighted by Gasteiger charge is -2.20. The Kier molecular flexibility index (Phi) is 5.90. The van der Waals surface area contributed by atoms with Gasteiger partial charge in [0.25, 0.3) is 0 Å². The molecule has 0 unspecified atom stereocenters. The first-order valence-electron chi connectivity index (χ1n) is 8.00. The molecular weight excluding hydrogens is 401 g/mol. The van der Waals surface area contributed by atoms with Crippen LogP contribution in [0.15, 0.2) is 40.2 Å². The molecule has 0 aliphatic heterocycles. The first kappa shape index (κ1) is 21.9. The molecule has 1 N–H and O–H groups in total. The monoisotopic (exact) mass is 420 g/mol. The van der Waals surface area contributed by atoms with E-state index in [1.165, 1.54) is 38.1 Å². The van der Waals surface area contributed by atoms with E-state index in [-0.39, 0.29) is 21.7 Å². The predicted molar refractivity (Wildman–Crippen MR) is 94.9 cm³/mol. The molecule has 0 saturated heterocycles. The van der Waals surface area contributed by atoms with E-state index in [0.717, 1.165) is 12.5 Å². The molecule has 0 bridgehead atoms. The van der Waals surface area contributed by atoms with Gasteiger partial charge in [0, 0.05) is 11.8 Å². The third-order valence-electron chi connectivity index (χ3n) is 3.49. The summed E-state index contributed by atoms with van der Waals surface area (Å²) >= 11 is 0. The summed E-state index contributed by atoms with van der Waals surface area (Å²) in [6.07, 6.45) is -2.61. The minimum absolute atomic E-state index is 0.0357. The highest BCUT2D eigenvalue weighted by atomic mass is 32.2. The summed E-state index contributed by atoms with van der Waals surface area (Å²) in [5.41, 5.74) is -2.07. The van der Waals surface area contributed by atoms with E-state index in [1.54, 1.807) is 0 Å². The number of aromatic nitrogens is 2. The minimum Gasteiger partial charge on any atom is -0.484 e. The summed E-state index contributed by atoms with van der Waals surface area (Å²) in [5.74, 6) is -0.423. The van der Waals surface area contributed by atoms with Crippen molar-refractivity contribution in [2.75, 3.05) is 12.9 Å². The maximum absolute atomic E-state index is 12.7. The van der Waals surface area contributed by atoms with Crippen LogP contribution in [0.3, 0.4) is 0 Å². The topological polar surface area (TPSA) is 98.5 Å². The normalized spacial score (nSPS) is 12.8. The second-order valence-electron chi connectivity index (χ2n) is 6.86. The van der Waals surface area contributed by atoms with Gasteiger partial charge in [-0.2, -0.15) is 18.3 Å². The van der Waals surface area contributed by atoms with Crippen LogP contribution in [0.1, 0.15) is 13.8 Å². The highest BCUT2D eigenvalue weighted by Gasteiger charge is 2.30. The van der Waals surface area contributed by atoms with Gasteiger partial charge in [-0.1, -0.05) is 12.1 Å². The van der Waals surface area contributed by atoms with Gasteiger partial charge in [-0.05, 0) is 31.5 Å². The zero-order valence-corrected chi connectivity index (χ0v) is 16.1. The number of rotatable bonds is 6. The van der Waals surface area contributed by atoms with Gasteiger partial charge in [-0.3, -0.25) is 4.79 Å². The number of ether oxygens (including phenoxy) is 1. The lowest BCUT2D eigenvalue weighted by atomic mass is 10.1. The number of sulfone groups is 1. The summed E-state index contributed by atoms with van der Waals surface area (Å²) < 4.78 is 66.7. The summed E-state index contributed by atoms with van der Waals surface area (Å²) in [4.78, 5) is 12.5. The van der Waals surface area contributed by atoms with Crippen molar-refractivity contribution in [2.24, 2.45) is 0 Å². The molecule has 0 aliphatic carbocycles. The zero-order valence-electron chi connectivity index (χ0n) is 15.3. The molecule has 0 saturated carbocycles. The molecule has 2 rings (SSSR count). The van der Waals surface area contributed by atoms with Crippen molar-refractivity contribution in [1.29, 1.82) is 0 Å². The lowest BCUT2D eigenvalue weighted by molar-refractivity contribution is -0.143. The smallest absolute Gasteiger partial charge is 0.408 e. The Morgan fingerprint density at radius 2 is 1.75 bits per heavy atom. The van der Waals surface area contributed by atoms with Crippen molar-refractivity contribution >= 4 is 9.84 Å². The fraction of sp³-hybridized carbons (Fsp3) is 0.412. The predicted octanol–water partition coefficient (Wildman–Crippen LogP) is 2.03. The molecule has 11 heteroatoms. The van der Waals surface area contributed by atoms with Crippen LogP contribution >= 0.6 is 0 Å². The number of halogens is 3. The molecule has 0 fully saturated rings. The van der Waals surface area contributed by atoms with Gasteiger partial charge in [0.15, 0.2) is 15.6 Å². The average Bonchev–Trinajstić information content (AvgIpc) is 2.53. The molecule has 0 atom stereocenters. The second kappa shape index (κ2) is 7.55. The van der Waals surface area contributed by atoms with Crippen molar-refractivity contribution < 1.29 is 31.4 Å². The van der Waals surface area contributed by atoms with Crippen LogP contribution in [-0.4, -0.2) is 47.9 Å². The van der Waals surface area contributed by atoms with Gasteiger partial charge < -0.3 is 9.84 Å². The van der Waals surface area contributed by atoms with Crippen molar-refractivity contribution in [3.05, 3.63) is 40.8 Å². The standard InChI is InChI=1S/C17H19F3N2O5S/c1-16(2,24)10-27-14-13(8-21-22(15(14)23)9-17(18,19)20)11-4-6-12(7-5-11)28(3,25)26/h4-8,24H,9-10H2,1-3H3. The zero-order chi connectivity index (χ0) is 21.3. The molecule has 1 aromatic carbocycles. The molecule has 28 heavy (non-hydrogen) atoms. The van der Waals surface area contributed by atoms with E-state index in [2.05, 4.69) is 5.10 Å². The number of hydrogen-bond donors (Lipinski definition) is 1. The van der Waals surface area contributed by atoms with E-state index in [9.17, 15) is 31.5 Å².